The summed E-state index contributed by atoms with van der Waals surface area (Å²) in [6.07, 6.45) is 8.09. The number of rotatable bonds is 10. The molecule has 0 atom stereocenters. The average Bonchev–Trinajstić information content (AvgIpc) is 2.38. The van der Waals surface area contributed by atoms with Gasteiger partial charge in [0.1, 0.15) is 0 Å². The quantitative estimate of drug-likeness (QED) is 0.601. The molecule has 0 amide bonds. The van der Waals surface area contributed by atoms with Crippen LogP contribution in [0.15, 0.2) is 0 Å². The first-order chi connectivity index (χ1) is 8.99. The predicted octanol–water partition coefficient (Wildman–Crippen LogP) is 4.56. The van der Waals surface area contributed by atoms with Crippen molar-refractivity contribution in [2.75, 3.05) is 19.6 Å². The van der Waals surface area contributed by atoms with E-state index in [1.165, 1.54) is 58.2 Å². The van der Waals surface area contributed by atoms with E-state index in [9.17, 15) is 4.79 Å². The molecule has 0 heterocycles. The highest BCUT2D eigenvalue weighted by atomic mass is 35.5. The summed E-state index contributed by atoms with van der Waals surface area (Å²) in [5.41, 5.74) is 0. The number of hydrogen-bond donors (Lipinski definition) is 1. The number of aliphatic carboxylic acids is 1. The zero-order valence-electron chi connectivity index (χ0n) is 12.5. The van der Waals surface area contributed by atoms with Crippen molar-refractivity contribution in [1.29, 1.82) is 0 Å². The van der Waals surface area contributed by atoms with E-state index in [1.807, 2.05) is 0 Å². The fourth-order valence-corrected chi connectivity index (χ4v) is 1.48. The van der Waals surface area contributed by atoms with Crippen molar-refractivity contribution >= 4 is 29.2 Å². The zero-order chi connectivity index (χ0) is 15.1. The van der Waals surface area contributed by atoms with Gasteiger partial charge >= 0.3 is 5.97 Å². The lowest BCUT2D eigenvalue weighted by atomic mass is 10.2. The first-order valence-corrected chi connectivity index (χ1v) is 8.10. The summed E-state index contributed by atoms with van der Waals surface area (Å²) in [7, 11) is 0. The van der Waals surface area contributed by atoms with Gasteiger partial charge in [0.25, 0.3) is 0 Å². The van der Waals surface area contributed by atoms with Gasteiger partial charge in [-0.2, -0.15) is 0 Å². The maximum Gasteiger partial charge on any atom is 0.337 e. The number of alkyl halides is 2. The monoisotopic (exact) mass is 313 g/mol. The molecule has 0 saturated carbocycles. The third-order valence-electron chi connectivity index (χ3n) is 2.67. The van der Waals surface area contributed by atoms with Crippen LogP contribution >= 0.6 is 23.2 Å². The molecular weight excluding hydrogens is 285 g/mol. The molecule has 0 saturated heterocycles. The van der Waals surface area contributed by atoms with Crippen LogP contribution in [0.1, 0.15) is 59.3 Å². The fraction of sp³-hybridized carbons (Fsp3) is 0.929. The normalized spacial score (nSPS) is 10.5. The summed E-state index contributed by atoms with van der Waals surface area (Å²) in [4.78, 5) is 10.8. The fourth-order valence-electron chi connectivity index (χ4n) is 1.48. The number of hydrogen-bond acceptors (Lipinski definition) is 2. The lowest BCUT2D eigenvalue weighted by Crippen LogP contribution is -2.27. The third kappa shape index (κ3) is 18.0. The Morgan fingerprint density at radius 1 is 0.947 bits per heavy atom. The van der Waals surface area contributed by atoms with E-state index >= 15 is 0 Å². The maximum absolute atomic E-state index is 9.44. The van der Waals surface area contributed by atoms with Crippen molar-refractivity contribution in [3.63, 3.8) is 0 Å². The molecule has 3 nitrogen and oxygen atoms in total. The number of carbonyl (C=O) groups is 1. The molecule has 1 N–H and O–H groups in total. The van der Waals surface area contributed by atoms with E-state index in [0.717, 1.165) is 0 Å². The van der Waals surface area contributed by atoms with Gasteiger partial charge in [-0.05, 0) is 38.9 Å². The Hall–Kier alpha value is 0.01000. The number of nitrogens with zero attached hydrogens (tertiary/aromatic N) is 1. The summed E-state index contributed by atoms with van der Waals surface area (Å²) in [5.74, 6) is -1.21. The molecule has 0 aliphatic carbocycles. The Labute approximate surface area is 128 Å². The SMILES string of the molecule is CCCCN(CCCC)CCCC.O=C(O)C(Cl)Cl. The second-order valence-electron chi connectivity index (χ2n) is 4.54. The molecule has 0 unspecified atom stereocenters. The molecule has 0 aliphatic heterocycles. The summed E-state index contributed by atoms with van der Waals surface area (Å²) < 4.78 is 0. The maximum atomic E-state index is 9.44. The molecule has 0 radical (unpaired) electrons. The summed E-state index contributed by atoms with van der Waals surface area (Å²) in [6, 6.07) is 0. The van der Waals surface area contributed by atoms with Crippen LogP contribution < -0.4 is 0 Å². The summed E-state index contributed by atoms with van der Waals surface area (Å²) >= 11 is 9.56. The molecule has 0 bridgehead atoms. The van der Waals surface area contributed by atoms with E-state index in [1.54, 1.807) is 0 Å². The van der Waals surface area contributed by atoms with Crippen molar-refractivity contribution in [2.45, 2.75) is 64.1 Å². The van der Waals surface area contributed by atoms with Gasteiger partial charge in [-0.3, -0.25) is 0 Å². The van der Waals surface area contributed by atoms with Gasteiger partial charge in [-0.15, -0.1) is 0 Å². The van der Waals surface area contributed by atoms with Crippen LogP contribution in [0.5, 0.6) is 0 Å². The molecule has 19 heavy (non-hydrogen) atoms. The Morgan fingerprint density at radius 2 is 1.21 bits per heavy atom. The first kappa shape index (κ1) is 21.3. The minimum Gasteiger partial charge on any atom is -0.479 e. The minimum absolute atomic E-state index is 1.21. The molecule has 0 aromatic heterocycles. The smallest absolute Gasteiger partial charge is 0.337 e. The Balaban J connectivity index is 0. The predicted molar refractivity (Wildman–Crippen MR) is 84.3 cm³/mol. The van der Waals surface area contributed by atoms with Crippen molar-refractivity contribution in [2.24, 2.45) is 0 Å². The van der Waals surface area contributed by atoms with Crippen LogP contribution in [0, 0.1) is 0 Å². The molecule has 0 fully saturated rings. The highest BCUT2D eigenvalue weighted by molar-refractivity contribution is 6.52. The highest BCUT2D eigenvalue weighted by Crippen LogP contribution is 2.01. The zero-order valence-corrected chi connectivity index (χ0v) is 14.0. The molecule has 0 spiro atoms. The van der Waals surface area contributed by atoms with Crippen molar-refractivity contribution in [3.8, 4) is 0 Å². The number of halogens is 2. The number of unbranched alkanes of at least 4 members (excludes halogenated alkanes) is 3. The van der Waals surface area contributed by atoms with Crippen LogP contribution in [-0.2, 0) is 4.79 Å². The van der Waals surface area contributed by atoms with Crippen LogP contribution in [-0.4, -0.2) is 40.4 Å². The second kappa shape index (κ2) is 16.1. The molecule has 0 aromatic carbocycles. The molecule has 0 aromatic rings. The molecule has 0 aliphatic rings. The lowest BCUT2D eigenvalue weighted by molar-refractivity contribution is -0.135. The van der Waals surface area contributed by atoms with E-state index < -0.39 is 10.8 Å². The van der Waals surface area contributed by atoms with Crippen molar-refractivity contribution < 1.29 is 9.90 Å². The third-order valence-corrected chi connectivity index (χ3v) is 3.04. The second-order valence-corrected chi connectivity index (χ2v) is 5.64. The number of carboxylic acids is 1. The van der Waals surface area contributed by atoms with Crippen molar-refractivity contribution in [1.82, 2.24) is 4.90 Å². The van der Waals surface area contributed by atoms with Crippen LogP contribution in [0.4, 0.5) is 0 Å². The van der Waals surface area contributed by atoms with Gasteiger partial charge < -0.3 is 10.0 Å². The van der Waals surface area contributed by atoms with E-state index in [2.05, 4.69) is 25.7 Å². The Kier molecular flexibility index (Phi) is 18.0. The molecule has 0 rings (SSSR count). The van der Waals surface area contributed by atoms with Crippen LogP contribution in [0.3, 0.4) is 0 Å². The van der Waals surface area contributed by atoms with E-state index in [-0.39, 0.29) is 0 Å². The molecule has 116 valence electrons. The minimum atomic E-state index is -1.29. The summed E-state index contributed by atoms with van der Waals surface area (Å²) in [5, 5.41) is 7.73. The topological polar surface area (TPSA) is 40.5 Å². The number of carboxylic acid groups (broad SMARTS) is 1. The lowest BCUT2D eigenvalue weighted by Gasteiger charge is -2.21. The first-order valence-electron chi connectivity index (χ1n) is 7.22. The van der Waals surface area contributed by atoms with Crippen molar-refractivity contribution in [3.05, 3.63) is 0 Å². The van der Waals surface area contributed by atoms with Gasteiger partial charge in [-0.25, -0.2) is 4.79 Å². The van der Waals surface area contributed by atoms with Gasteiger partial charge in [0.15, 0.2) is 0 Å². The van der Waals surface area contributed by atoms with E-state index in [0.29, 0.717) is 0 Å². The van der Waals surface area contributed by atoms with Gasteiger partial charge in [-0.1, -0.05) is 63.2 Å². The van der Waals surface area contributed by atoms with E-state index in [4.69, 9.17) is 28.3 Å². The van der Waals surface area contributed by atoms with Gasteiger partial charge in [0.05, 0.1) is 0 Å². The molecular formula is C14H29Cl2NO2. The van der Waals surface area contributed by atoms with Crippen LogP contribution in [0.2, 0.25) is 0 Å². The average molecular weight is 314 g/mol. The Bertz CT molecular complexity index is 183. The summed E-state index contributed by atoms with van der Waals surface area (Å²) in [6.45, 7) is 10.8. The largest absolute Gasteiger partial charge is 0.479 e. The van der Waals surface area contributed by atoms with Gasteiger partial charge in [0, 0.05) is 0 Å². The molecule has 5 heteroatoms. The van der Waals surface area contributed by atoms with Gasteiger partial charge in [0.2, 0.25) is 4.84 Å². The van der Waals surface area contributed by atoms with Crippen LogP contribution in [0.25, 0.3) is 0 Å². The Morgan fingerprint density at radius 3 is 1.37 bits per heavy atom. The standard InChI is InChI=1S/C12H27N.C2H2Cl2O2/c1-4-7-10-13(11-8-5-2)12-9-6-3;3-1(4)2(5)6/h4-12H2,1-3H3;1H,(H,5,6). The highest BCUT2D eigenvalue weighted by Gasteiger charge is 2.05.